The molecule has 3 aromatic rings. The number of carbonyl (C=O) groups is 1. The van der Waals surface area contributed by atoms with Crippen molar-refractivity contribution in [2.75, 3.05) is 0 Å². The second-order valence-electron chi connectivity index (χ2n) is 3.34. The lowest BCUT2D eigenvalue weighted by molar-refractivity contribution is 0.0702. The first-order chi connectivity index (χ1) is 7.65. The molecule has 0 aliphatic rings. The van der Waals surface area contributed by atoms with Crippen molar-refractivity contribution in [2.24, 2.45) is 0 Å². The van der Waals surface area contributed by atoms with Crippen LogP contribution in [-0.2, 0) is 0 Å². The summed E-state index contributed by atoms with van der Waals surface area (Å²) in [5.74, 6) is -0.832. The maximum atomic E-state index is 10.8. The Morgan fingerprint density at radius 3 is 3.00 bits per heavy atom. The molecular formula is C10H6N2O3S. The minimum absolute atomic E-state index is 0.136. The lowest BCUT2D eigenvalue weighted by Crippen LogP contribution is -1.91. The third-order valence-electron chi connectivity index (χ3n) is 2.30. The first kappa shape index (κ1) is 9.17. The molecule has 2 aromatic heterocycles. The molecule has 2 N–H and O–H groups in total. The highest BCUT2D eigenvalue weighted by Gasteiger charge is 2.12. The average Bonchev–Trinajstić information content (AvgIpc) is 2.75. The van der Waals surface area contributed by atoms with Crippen molar-refractivity contribution in [3.63, 3.8) is 0 Å². The molecule has 0 saturated heterocycles. The Bertz CT molecular complexity index is 713. The van der Waals surface area contributed by atoms with Gasteiger partial charge < -0.3 is 10.2 Å². The second-order valence-corrected chi connectivity index (χ2v) is 4.35. The van der Waals surface area contributed by atoms with Crippen molar-refractivity contribution in [1.29, 1.82) is 0 Å². The van der Waals surface area contributed by atoms with Crippen LogP contribution in [0.4, 0.5) is 0 Å². The van der Waals surface area contributed by atoms with Crippen LogP contribution in [0.1, 0.15) is 9.67 Å². The number of imidazole rings is 1. The van der Waals surface area contributed by atoms with Crippen LogP contribution in [0.2, 0.25) is 0 Å². The number of hydrogen-bond acceptors (Lipinski definition) is 4. The van der Waals surface area contributed by atoms with E-state index in [4.69, 9.17) is 5.11 Å². The highest BCUT2D eigenvalue weighted by atomic mass is 32.1. The van der Waals surface area contributed by atoms with Crippen molar-refractivity contribution < 1.29 is 15.0 Å². The van der Waals surface area contributed by atoms with Gasteiger partial charge in [0.1, 0.15) is 10.6 Å². The number of aromatic hydroxyl groups is 1. The van der Waals surface area contributed by atoms with Gasteiger partial charge in [-0.15, -0.1) is 0 Å². The van der Waals surface area contributed by atoms with E-state index in [1.54, 1.807) is 22.6 Å². The second kappa shape index (κ2) is 2.96. The van der Waals surface area contributed by atoms with E-state index < -0.39 is 5.97 Å². The van der Waals surface area contributed by atoms with Crippen molar-refractivity contribution in [1.82, 2.24) is 9.38 Å². The summed E-state index contributed by atoms with van der Waals surface area (Å²) >= 11 is 1.11. The number of phenolic OH excluding ortho intramolecular Hbond substituents is 1. The normalized spacial score (nSPS) is 11.2. The van der Waals surface area contributed by atoms with Crippen LogP contribution in [0.25, 0.3) is 16.0 Å². The number of nitrogens with zero attached hydrogens (tertiary/aromatic N) is 2. The Balaban J connectivity index is 2.40. The summed E-state index contributed by atoms with van der Waals surface area (Å²) in [6.45, 7) is 0. The molecule has 0 unspecified atom stereocenters. The predicted octanol–water partition coefficient (Wildman–Crippen LogP) is 1.95. The highest BCUT2D eigenvalue weighted by molar-refractivity contribution is 7.18. The van der Waals surface area contributed by atoms with Gasteiger partial charge in [0.25, 0.3) is 0 Å². The van der Waals surface area contributed by atoms with E-state index in [1.807, 2.05) is 0 Å². The summed E-state index contributed by atoms with van der Waals surface area (Å²) in [4.78, 5) is 15.9. The molecule has 0 amide bonds. The molecule has 0 radical (unpaired) electrons. The third kappa shape index (κ3) is 1.17. The number of aromatic nitrogens is 2. The van der Waals surface area contributed by atoms with E-state index in [9.17, 15) is 9.90 Å². The highest BCUT2D eigenvalue weighted by Crippen LogP contribution is 2.26. The van der Waals surface area contributed by atoms with Crippen molar-refractivity contribution >= 4 is 33.3 Å². The van der Waals surface area contributed by atoms with E-state index in [1.165, 1.54) is 6.20 Å². The van der Waals surface area contributed by atoms with Crippen LogP contribution in [0.5, 0.6) is 5.75 Å². The number of hydrogen-bond donors (Lipinski definition) is 2. The van der Waals surface area contributed by atoms with E-state index in [-0.39, 0.29) is 10.6 Å². The predicted molar refractivity (Wildman–Crippen MR) is 59.2 cm³/mol. The number of carboxylic acids is 1. The van der Waals surface area contributed by atoms with Gasteiger partial charge in [-0.3, -0.25) is 4.40 Å². The number of rotatable bonds is 1. The summed E-state index contributed by atoms with van der Waals surface area (Å²) in [6.07, 6.45) is 1.51. The molecule has 0 aliphatic carbocycles. The van der Waals surface area contributed by atoms with Gasteiger partial charge in [0.2, 0.25) is 0 Å². The van der Waals surface area contributed by atoms with Gasteiger partial charge in [0.15, 0.2) is 4.96 Å². The zero-order chi connectivity index (χ0) is 11.3. The fourth-order valence-corrected chi connectivity index (χ4v) is 2.43. The molecule has 5 nitrogen and oxygen atoms in total. The summed E-state index contributed by atoms with van der Waals surface area (Å²) in [5, 5.41) is 18.2. The molecule has 2 heterocycles. The number of aromatic carboxylic acids is 1. The maximum Gasteiger partial charge on any atom is 0.347 e. The van der Waals surface area contributed by atoms with Crippen molar-refractivity contribution in [2.45, 2.75) is 0 Å². The molecule has 0 atom stereocenters. The summed E-state index contributed by atoms with van der Waals surface area (Å²) in [5.41, 5.74) is 1.44. The van der Waals surface area contributed by atoms with E-state index >= 15 is 0 Å². The molecule has 80 valence electrons. The zero-order valence-corrected chi connectivity index (χ0v) is 8.73. The van der Waals surface area contributed by atoms with Crippen LogP contribution in [0.15, 0.2) is 24.4 Å². The topological polar surface area (TPSA) is 74.8 Å². The number of phenols is 1. The Kier molecular flexibility index (Phi) is 1.69. The van der Waals surface area contributed by atoms with Crippen LogP contribution in [0.3, 0.4) is 0 Å². The Morgan fingerprint density at radius 2 is 2.25 bits per heavy atom. The lowest BCUT2D eigenvalue weighted by atomic mass is 10.3. The molecule has 0 bridgehead atoms. The number of thiazole rings is 1. The van der Waals surface area contributed by atoms with Gasteiger partial charge in [0.05, 0.1) is 11.0 Å². The molecule has 0 aliphatic heterocycles. The SMILES string of the molecule is O=C(O)c1cn2c(nc3ccc(O)cc32)s1. The lowest BCUT2D eigenvalue weighted by Gasteiger charge is -1.91. The monoisotopic (exact) mass is 234 g/mol. The average molecular weight is 234 g/mol. The van der Waals surface area contributed by atoms with E-state index in [0.29, 0.717) is 10.5 Å². The van der Waals surface area contributed by atoms with Gasteiger partial charge >= 0.3 is 5.97 Å². The minimum Gasteiger partial charge on any atom is -0.508 e. The number of benzene rings is 1. The number of fused-ring (bicyclic) bond motifs is 3. The van der Waals surface area contributed by atoms with Crippen LogP contribution in [0, 0.1) is 0 Å². The fourth-order valence-electron chi connectivity index (χ4n) is 1.60. The molecule has 0 fully saturated rings. The number of carboxylic acid groups (broad SMARTS) is 1. The largest absolute Gasteiger partial charge is 0.508 e. The van der Waals surface area contributed by atoms with Crippen LogP contribution in [-0.4, -0.2) is 25.6 Å². The van der Waals surface area contributed by atoms with Gasteiger partial charge in [-0.1, -0.05) is 11.3 Å². The molecule has 3 rings (SSSR count). The first-order valence-electron chi connectivity index (χ1n) is 4.49. The minimum atomic E-state index is -0.969. The van der Waals surface area contributed by atoms with Crippen LogP contribution >= 0.6 is 11.3 Å². The van der Waals surface area contributed by atoms with Gasteiger partial charge in [-0.05, 0) is 12.1 Å². The molecular weight excluding hydrogens is 228 g/mol. The standard InChI is InChI=1S/C10H6N2O3S/c13-5-1-2-6-7(3-5)12-4-8(9(14)15)16-10(12)11-6/h1-4,13H,(H,14,15). The third-order valence-corrected chi connectivity index (χ3v) is 3.27. The smallest absolute Gasteiger partial charge is 0.347 e. The maximum absolute atomic E-state index is 10.8. The summed E-state index contributed by atoms with van der Waals surface area (Å²) in [7, 11) is 0. The van der Waals surface area contributed by atoms with Crippen LogP contribution < -0.4 is 0 Å². The Labute approximate surface area is 93.2 Å². The van der Waals surface area contributed by atoms with Gasteiger partial charge in [-0.2, -0.15) is 0 Å². The summed E-state index contributed by atoms with van der Waals surface area (Å²) in [6, 6.07) is 4.82. The molecule has 1 aromatic carbocycles. The fraction of sp³-hybridized carbons (Fsp3) is 0. The molecule has 16 heavy (non-hydrogen) atoms. The van der Waals surface area contributed by atoms with E-state index in [0.717, 1.165) is 16.9 Å². The Morgan fingerprint density at radius 1 is 1.44 bits per heavy atom. The Hall–Kier alpha value is -2.08. The zero-order valence-electron chi connectivity index (χ0n) is 7.91. The van der Waals surface area contributed by atoms with Gasteiger partial charge in [-0.25, -0.2) is 9.78 Å². The molecule has 0 spiro atoms. The van der Waals surface area contributed by atoms with E-state index in [2.05, 4.69) is 4.98 Å². The van der Waals surface area contributed by atoms with Crippen molar-refractivity contribution in [3.8, 4) is 5.75 Å². The first-order valence-corrected chi connectivity index (χ1v) is 5.31. The quantitative estimate of drug-likeness (QED) is 0.674. The molecule has 6 heteroatoms. The molecule has 0 saturated carbocycles. The van der Waals surface area contributed by atoms with Gasteiger partial charge in [0, 0.05) is 12.3 Å². The summed E-state index contributed by atoms with van der Waals surface area (Å²) < 4.78 is 1.67. The van der Waals surface area contributed by atoms with Crippen molar-refractivity contribution in [3.05, 3.63) is 29.3 Å².